The van der Waals surface area contributed by atoms with Crippen LogP contribution in [0.25, 0.3) is 0 Å². The predicted molar refractivity (Wildman–Crippen MR) is 77.5 cm³/mol. The summed E-state index contributed by atoms with van der Waals surface area (Å²) in [6.45, 7) is 3.11. The number of fused-ring (bicyclic) bond motifs is 3. The van der Waals surface area contributed by atoms with Gasteiger partial charge < -0.3 is 14.2 Å². The van der Waals surface area contributed by atoms with E-state index in [1.807, 2.05) is 0 Å². The van der Waals surface area contributed by atoms with Gasteiger partial charge in [0, 0.05) is 6.54 Å². The van der Waals surface area contributed by atoms with E-state index >= 15 is 0 Å². The lowest BCUT2D eigenvalue weighted by Crippen LogP contribution is -2.52. The number of hydrogen-bond acceptors (Lipinski definition) is 5. The van der Waals surface area contributed by atoms with Gasteiger partial charge in [-0.25, -0.2) is 4.79 Å². The van der Waals surface area contributed by atoms with Crippen molar-refractivity contribution in [3.8, 4) is 11.5 Å². The van der Waals surface area contributed by atoms with E-state index < -0.39 is 0 Å². The molecule has 0 unspecified atom stereocenters. The molecule has 3 fully saturated rings. The van der Waals surface area contributed by atoms with Gasteiger partial charge in [-0.1, -0.05) is 0 Å². The van der Waals surface area contributed by atoms with E-state index in [2.05, 4.69) is 4.90 Å². The number of piperidine rings is 3. The number of rotatable bonds is 5. The van der Waals surface area contributed by atoms with Crippen molar-refractivity contribution < 1.29 is 19.0 Å². The summed E-state index contributed by atoms with van der Waals surface area (Å²) in [6, 6.07) is 7.16. The molecule has 3 aliphatic heterocycles. The maximum absolute atomic E-state index is 11.9. The van der Waals surface area contributed by atoms with E-state index in [4.69, 9.17) is 14.2 Å². The number of nitrogens with zero attached hydrogens (tertiary/aromatic N) is 1. The third kappa shape index (κ3) is 3.47. The summed E-state index contributed by atoms with van der Waals surface area (Å²) in [6.07, 6.45) is 2.31. The molecular formula is C16H21NO4. The maximum atomic E-state index is 11.9. The fourth-order valence-electron chi connectivity index (χ4n) is 3.06. The zero-order chi connectivity index (χ0) is 14.7. The minimum absolute atomic E-state index is 0.0412. The first-order valence-corrected chi connectivity index (χ1v) is 7.43. The van der Waals surface area contributed by atoms with Crippen LogP contribution in [-0.2, 0) is 9.53 Å². The summed E-state index contributed by atoms with van der Waals surface area (Å²) in [5.74, 6) is 1.64. The first-order chi connectivity index (χ1) is 10.2. The van der Waals surface area contributed by atoms with Crippen LogP contribution in [0.15, 0.2) is 24.3 Å². The Hall–Kier alpha value is -1.75. The van der Waals surface area contributed by atoms with Gasteiger partial charge in [-0.05, 0) is 56.1 Å². The Balaban J connectivity index is 1.45. The second-order valence-corrected chi connectivity index (χ2v) is 5.63. The smallest absolute Gasteiger partial charge is 0.344 e. The Labute approximate surface area is 124 Å². The minimum atomic E-state index is -0.287. The summed E-state index contributed by atoms with van der Waals surface area (Å²) < 4.78 is 16.1. The number of benzene rings is 1. The predicted octanol–water partition coefficient (Wildman–Crippen LogP) is 1.71. The Kier molecular flexibility index (Phi) is 4.29. The normalized spacial score (nSPS) is 27.2. The van der Waals surface area contributed by atoms with E-state index in [0.29, 0.717) is 11.7 Å². The molecule has 2 bridgehead atoms. The third-order valence-corrected chi connectivity index (χ3v) is 4.30. The molecule has 3 saturated heterocycles. The highest BCUT2D eigenvalue weighted by Gasteiger charge is 2.36. The summed E-state index contributed by atoms with van der Waals surface area (Å²) in [5, 5.41) is 0. The number of esters is 1. The van der Waals surface area contributed by atoms with Crippen LogP contribution >= 0.6 is 0 Å². The molecule has 21 heavy (non-hydrogen) atoms. The standard InChI is InChI=1S/C16H21NO4/c1-19-13-2-4-14(5-3-13)20-11-16(18)21-15-10-17-8-6-12(15)7-9-17/h2-5,12,15H,6-11H2,1H3/t15-/m1/s1. The van der Waals surface area contributed by atoms with Crippen LogP contribution < -0.4 is 9.47 Å². The minimum Gasteiger partial charge on any atom is -0.497 e. The molecule has 0 spiro atoms. The monoisotopic (exact) mass is 291 g/mol. The summed E-state index contributed by atoms with van der Waals surface area (Å²) in [4.78, 5) is 14.3. The van der Waals surface area contributed by atoms with E-state index in [0.717, 1.165) is 38.2 Å². The van der Waals surface area contributed by atoms with Gasteiger partial charge in [-0.15, -0.1) is 0 Å². The van der Waals surface area contributed by atoms with Gasteiger partial charge in [0.05, 0.1) is 7.11 Å². The summed E-state index contributed by atoms with van der Waals surface area (Å²) >= 11 is 0. The second-order valence-electron chi connectivity index (χ2n) is 5.63. The summed E-state index contributed by atoms with van der Waals surface area (Å²) in [7, 11) is 1.61. The van der Waals surface area contributed by atoms with Gasteiger partial charge in [0.25, 0.3) is 0 Å². The molecule has 4 rings (SSSR count). The van der Waals surface area contributed by atoms with Crippen LogP contribution in [0.4, 0.5) is 0 Å². The highest BCUT2D eigenvalue weighted by molar-refractivity contribution is 5.71. The van der Waals surface area contributed by atoms with E-state index in [1.165, 1.54) is 0 Å². The molecule has 5 nitrogen and oxygen atoms in total. The molecule has 0 amide bonds. The van der Waals surface area contributed by atoms with Gasteiger partial charge in [0.15, 0.2) is 6.61 Å². The molecule has 0 aromatic heterocycles. The molecule has 1 atom stereocenters. The van der Waals surface area contributed by atoms with Gasteiger partial charge in [-0.3, -0.25) is 4.90 Å². The molecule has 0 aliphatic carbocycles. The topological polar surface area (TPSA) is 48.0 Å². The highest BCUT2D eigenvalue weighted by Crippen LogP contribution is 2.29. The van der Waals surface area contributed by atoms with Crippen LogP contribution in [0.5, 0.6) is 11.5 Å². The Morgan fingerprint density at radius 3 is 2.43 bits per heavy atom. The van der Waals surface area contributed by atoms with Crippen molar-refractivity contribution in [1.82, 2.24) is 4.90 Å². The van der Waals surface area contributed by atoms with Crippen molar-refractivity contribution in [2.45, 2.75) is 18.9 Å². The summed E-state index contributed by atoms with van der Waals surface area (Å²) in [5.41, 5.74) is 0. The SMILES string of the molecule is COc1ccc(OCC(=O)O[C@@H]2CN3CCC2CC3)cc1. The van der Waals surface area contributed by atoms with Crippen LogP contribution in [0.2, 0.25) is 0 Å². The molecule has 0 saturated carbocycles. The van der Waals surface area contributed by atoms with Gasteiger partial charge >= 0.3 is 5.97 Å². The molecule has 5 heteroatoms. The largest absolute Gasteiger partial charge is 0.497 e. The van der Waals surface area contributed by atoms with Crippen molar-refractivity contribution in [3.05, 3.63) is 24.3 Å². The molecule has 114 valence electrons. The average molecular weight is 291 g/mol. The zero-order valence-electron chi connectivity index (χ0n) is 12.3. The van der Waals surface area contributed by atoms with Gasteiger partial charge in [-0.2, -0.15) is 0 Å². The Morgan fingerprint density at radius 1 is 1.19 bits per heavy atom. The third-order valence-electron chi connectivity index (χ3n) is 4.30. The first kappa shape index (κ1) is 14.2. The fraction of sp³-hybridized carbons (Fsp3) is 0.562. The second kappa shape index (κ2) is 6.35. The van der Waals surface area contributed by atoms with Gasteiger partial charge in [0.2, 0.25) is 0 Å². The van der Waals surface area contributed by atoms with Crippen molar-refractivity contribution in [3.63, 3.8) is 0 Å². The lowest BCUT2D eigenvalue weighted by atomic mass is 9.86. The van der Waals surface area contributed by atoms with Crippen LogP contribution in [0.1, 0.15) is 12.8 Å². The van der Waals surface area contributed by atoms with Crippen molar-refractivity contribution in [2.24, 2.45) is 5.92 Å². The number of hydrogen-bond donors (Lipinski definition) is 0. The first-order valence-electron chi connectivity index (χ1n) is 7.43. The maximum Gasteiger partial charge on any atom is 0.344 e. The van der Waals surface area contributed by atoms with Crippen LogP contribution in [0, 0.1) is 5.92 Å². The fourth-order valence-corrected chi connectivity index (χ4v) is 3.06. The number of methoxy groups -OCH3 is 1. The van der Waals surface area contributed by atoms with Crippen LogP contribution in [-0.4, -0.2) is 50.3 Å². The molecule has 3 heterocycles. The zero-order valence-corrected chi connectivity index (χ0v) is 12.3. The molecule has 0 radical (unpaired) electrons. The molecule has 0 N–H and O–H groups in total. The Morgan fingerprint density at radius 2 is 1.86 bits per heavy atom. The molecular weight excluding hydrogens is 270 g/mol. The van der Waals surface area contributed by atoms with E-state index in [9.17, 15) is 4.79 Å². The molecule has 3 aliphatic rings. The van der Waals surface area contributed by atoms with Crippen molar-refractivity contribution in [2.75, 3.05) is 33.4 Å². The molecule has 1 aromatic carbocycles. The van der Waals surface area contributed by atoms with E-state index in [-0.39, 0.29) is 18.7 Å². The lowest BCUT2D eigenvalue weighted by Gasteiger charge is -2.43. The Bertz CT molecular complexity index is 480. The molecule has 1 aromatic rings. The van der Waals surface area contributed by atoms with Gasteiger partial charge in [0.1, 0.15) is 17.6 Å². The van der Waals surface area contributed by atoms with Crippen LogP contribution in [0.3, 0.4) is 0 Å². The van der Waals surface area contributed by atoms with Crippen molar-refractivity contribution in [1.29, 1.82) is 0 Å². The average Bonchev–Trinajstić information content (AvgIpc) is 2.54. The van der Waals surface area contributed by atoms with Crippen molar-refractivity contribution >= 4 is 5.97 Å². The number of carbonyl (C=O) groups excluding carboxylic acids is 1. The highest BCUT2D eigenvalue weighted by atomic mass is 16.6. The number of ether oxygens (including phenoxy) is 3. The quantitative estimate of drug-likeness (QED) is 0.773. The van der Waals surface area contributed by atoms with E-state index in [1.54, 1.807) is 31.4 Å². The lowest BCUT2D eigenvalue weighted by molar-refractivity contribution is -0.161. The number of carbonyl (C=O) groups is 1.